The van der Waals surface area contributed by atoms with Gasteiger partial charge in [-0.2, -0.15) is 0 Å². The van der Waals surface area contributed by atoms with Crippen LogP contribution in [-0.2, 0) is 22.4 Å². The third-order valence-electron chi connectivity index (χ3n) is 2.97. The van der Waals surface area contributed by atoms with Gasteiger partial charge in [0.05, 0.1) is 7.11 Å². The van der Waals surface area contributed by atoms with Crippen LogP contribution in [0, 0.1) is 0 Å². The van der Waals surface area contributed by atoms with Gasteiger partial charge in [0, 0.05) is 6.42 Å². The van der Waals surface area contributed by atoms with Crippen molar-refractivity contribution in [3.63, 3.8) is 0 Å². The van der Waals surface area contributed by atoms with E-state index in [1.54, 1.807) is 0 Å². The first-order valence-corrected chi connectivity index (χ1v) is 5.03. The molecule has 0 radical (unpaired) electrons. The molecule has 1 aromatic rings. The van der Waals surface area contributed by atoms with Crippen LogP contribution in [0.15, 0.2) is 24.3 Å². The van der Waals surface area contributed by atoms with Crippen molar-refractivity contribution < 1.29 is 14.6 Å². The molecule has 2 rings (SSSR count). The fraction of sp³-hybridized carbons (Fsp3) is 0.417. The van der Waals surface area contributed by atoms with E-state index in [2.05, 4.69) is 4.74 Å². The fourth-order valence-corrected chi connectivity index (χ4v) is 2.08. The van der Waals surface area contributed by atoms with Gasteiger partial charge in [-0.1, -0.05) is 24.3 Å². The van der Waals surface area contributed by atoms with Crippen LogP contribution in [0.1, 0.15) is 17.5 Å². The number of hydrogen-bond donors (Lipinski definition) is 1. The molecule has 0 heterocycles. The highest BCUT2D eigenvalue weighted by molar-refractivity contribution is 5.80. The number of methoxy groups -OCH3 is 1. The Morgan fingerprint density at radius 2 is 2.07 bits per heavy atom. The quantitative estimate of drug-likeness (QED) is 0.699. The average Bonchev–Trinajstić information content (AvgIpc) is 2.27. The van der Waals surface area contributed by atoms with Crippen LogP contribution in [0.2, 0.25) is 0 Å². The molecule has 0 bridgehead atoms. The van der Waals surface area contributed by atoms with E-state index in [1.807, 2.05) is 24.3 Å². The van der Waals surface area contributed by atoms with E-state index in [0.29, 0.717) is 12.8 Å². The summed E-state index contributed by atoms with van der Waals surface area (Å²) in [7, 11) is 1.31. The summed E-state index contributed by atoms with van der Waals surface area (Å²) in [5, 5.41) is 10.1. The molecule has 0 unspecified atom stereocenters. The lowest BCUT2D eigenvalue weighted by Crippen LogP contribution is -2.44. The maximum absolute atomic E-state index is 11.4. The van der Waals surface area contributed by atoms with Gasteiger partial charge in [0.1, 0.15) is 0 Å². The van der Waals surface area contributed by atoms with Crippen molar-refractivity contribution in [1.82, 2.24) is 0 Å². The van der Waals surface area contributed by atoms with Gasteiger partial charge in [0.2, 0.25) is 0 Å². The molecule has 0 fully saturated rings. The number of esters is 1. The summed E-state index contributed by atoms with van der Waals surface area (Å²) in [4.78, 5) is 11.4. The monoisotopic (exact) mass is 206 g/mol. The number of ether oxygens (including phenoxy) is 1. The highest BCUT2D eigenvalue weighted by Gasteiger charge is 2.40. The Hall–Kier alpha value is -1.35. The molecule has 15 heavy (non-hydrogen) atoms. The highest BCUT2D eigenvalue weighted by atomic mass is 16.5. The number of aryl methyl sites for hydroxylation is 1. The zero-order valence-electron chi connectivity index (χ0n) is 8.69. The Kier molecular flexibility index (Phi) is 2.49. The van der Waals surface area contributed by atoms with Crippen LogP contribution in [0.5, 0.6) is 0 Å². The Bertz CT molecular complexity index is 386. The van der Waals surface area contributed by atoms with Gasteiger partial charge in [-0.25, -0.2) is 4.79 Å². The minimum absolute atomic E-state index is 0.357. The van der Waals surface area contributed by atoms with Crippen LogP contribution in [-0.4, -0.2) is 23.8 Å². The molecule has 80 valence electrons. The molecule has 0 spiro atoms. The maximum Gasteiger partial charge on any atom is 0.338 e. The molecule has 3 nitrogen and oxygen atoms in total. The zero-order valence-corrected chi connectivity index (χ0v) is 8.69. The summed E-state index contributed by atoms with van der Waals surface area (Å²) in [6, 6.07) is 7.87. The molecule has 0 aromatic heterocycles. The summed E-state index contributed by atoms with van der Waals surface area (Å²) in [5.41, 5.74) is 0.922. The molecule has 0 saturated heterocycles. The van der Waals surface area contributed by atoms with Crippen LogP contribution in [0.25, 0.3) is 0 Å². The molecule has 0 aliphatic heterocycles. The van der Waals surface area contributed by atoms with Crippen molar-refractivity contribution in [3.05, 3.63) is 35.4 Å². The standard InChI is InChI=1S/C12H14O3/c1-15-11(13)12(14)7-6-9-4-2-3-5-10(9)8-12/h2-5,14H,6-8H2,1H3/t12-/m0/s1. The zero-order chi connectivity index (χ0) is 10.9. The van der Waals surface area contributed by atoms with Crippen LogP contribution in [0.4, 0.5) is 0 Å². The van der Waals surface area contributed by atoms with Gasteiger partial charge in [0.25, 0.3) is 0 Å². The molecule has 1 aromatic carbocycles. The van der Waals surface area contributed by atoms with E-state index in [0.717, 1.165) is 12.0 Å². The predicted octanol–water partition coefficient (Wildman–Crippen LogP) is 1.08. The number of rotatable bonds is 1. The number of hydrogen-bond acceptors (Lipinski definition) is 3. The van der Waals surface area contributed by atoms with Crippen LogP contribution < -0.4 is 0 Å². The Balaban J connectivity index is 2.28. The smallest absolute Gasteiger partial charge is 0.338 e. The summed E-state index contributed by atoms with van der Waals surface area (Å²) < 4.78 is 4.62. The van der Waals surface area contributed by atoms with Gasteiger partial charge in [-0.05, 0) is 24.0 Å². The lowest BCUT2D eigenvalue weighted by Gasteiger charge is -2.30. The SMILES string of the molecule is COC(=O)[C@]1(O)CCc2ccccc2C1. The minimum Gasteiger partial charge on any atom is -0.467 e. The lowest BCUT2D eigenvalue weighted by molar-refractivity contribution is -0.163. The Morgan fingerprint density at radius 1 is 1.40 bits per heavy atom. The molecule has 1 aliphatic carbocycles. The van der Waals surface area contributed by atoms with Crippen molar-refractivity contribution in [2.24, 2.45) is 0 Å². The highest BCUT2D eigenvalue weighted by Crippen LogP contribution is 2.29. The van der Waals surface area contributed by atoms with E-state index in [1.165, 1.54) is 12.7 Å². The second-order valence-corrected chi connectivity index (χ2v) is 3.97. The summed E-state index contributed by atoms with van der Waals surface area (Å²) in [5.74, 6) is -0.531. The first-order valence-electron chi connectivity index (χ1n) is 5.03. The third kappa shape index (κ3) is 1.75. The number of carbonyl (C=O) groups is 1. The van der Waals surface area contributed by atoms with Crippen molar-refractivity contribution >= 4 is 5.97 Å². The molecular formula is C12H14O3. The molecule has 1 atom stereocenters. The molecule has 1 N–H and O–H groups in total. The fourth-order valence-electron chi connectivity index (χ4n) is 2.08. The largest absolute Gasteiger partial charge is 0.467 e. The number of carbonyl (C=O) groups excluding carboxylic acids is 1. The maximum atomic E-state index is 11.4. The van der Waals surface area contributed by atoms with Crippen molar-refractivity contribution in [1.29, 1.82) is 0 Å². The molecule has 1 aliphatic rings. The van der Waals surface area contributed by atoms with Gasteiger partial charge >= 0.3 is 5.97 Å². The second kappa shape index (κ2) is 3.66. The molecule has 0 amide bonds. The average molecular weight is 206 g/mol. The van der Waals surface area contributed by atoms with Gasteiger partial charge in [-0.15, -0.1) is 0 Å². The second-order valence-electron chi connectivity index (χ2n) is 3.97. The van der Waals surface area contributed by atoms with Crippen molar-refractivity contribution in [2.75, 3.05) is 7.11 Å². The van der Waals surface area contributed by atoms with E-state index in [4.69, 9.17) is 0 Å². The van der Waals surface area contributed by atoms with Crippen LogP contribution >= 0.6 is 0 Å². The van der Waals surface area contributed by atoms with Crippen molar-refractivity contribution in [2.45, 2.75) is 24.9 Å². The number of fused-ring (bicyclic) bond motifs is 1. The first kappa shape index (κ1) is 10.2. The van der Waals surface area contributed by atoms with Gasteiger partial charge < -0.3 is 9.84 Å². The van der Waals surface area contributed by atoms with E-state index in [-0.39, 0.29) is 0 Å². The molecule has 0 saturated carbocycles. The summed E-state index contributed by atoms with van der Waals surface area (Å²) >= 11 is 0. The summed E-state index contributed by atoms with van der Waals surface area (Å²) in [6.45, 7) is 0. The molecule has 3 heteroatoms. The lowest BCUT2D eigenvalue weighted by atomic mass is 9.80. The number of aliphatic hydroxyl groups is 1. The number of benzene rings is 1. The van der Waals surface area contributed by atoms with E-state index >= 15 is 0 Å². The molecular weight excluding hydrogens is 192 g/mol. The van der Waals surface area contributed by atoms with Gasteiger partial charge in [-0.3, -0.25) is 0 Å². The van der Waals surface area contributed by atoms with Crippen molar-refractivity contribution in [3.8, 4) is 0 Å². The normalized spacial score (nSPS) is 24.4. The third-order valence-corrected chi connectivity index (χ3v) is 2.97. The summed E-state index contributed by atoms with van der Waals surface area (Å²) in [6.07, 6.45) is 1.52. The minimum atomic E-state index is -1.33. The Morgan fingerprint density at radius 3 is 2.73 bits per heavy atom. The van der Waals surface area contributed by atoms with E-state index < -0.39 is 11.6 Å². The predicted molar refractivity (Wildman–Crippen MR) is 55.4 cm³/mol. The topological polar surface area (TPSA) is 46.5 Å². The van der Waals surface area contributed by atoms with Crippen LogP contribution in [0.3, 0.4) is 0 Å². The Labute approximate surface area is 88.7 Å². The first-order chi connectivity index (χ1) is 7.15. The van der Waals surface area contributed by atoms with E-state index in [9.17, 15) is 9.90 Å². The van der Waals surface area contributed by atoms with Gasteiger partial charge in [0.15, 0.2) is 5.60 Å².